The number of thiazole rings is 1. The molecule has 0 saturated heterocycles. The van der Waals surface area contributed by atoms with E-state index in [-0.39, 0.29) is 0 Å². The van der Waals surface area contributed by atoms with E-state index in [1.54, 1.807) is 34.9 Å². The van der Waals surface area contributed by atoms with Crippen LogP contribution in [0.3, 0.4) is 0 Å². The van der Waals surface area contributed by atoms with Crippen molar-refractivity contribution in [3.63, 3.8) is 0 Å². The fourth-order valence-electron chi connectivity index (χ4n) is 1.98. The summed E-state index contributed by atoms with van der Waals surface area (Å²) in [6.45, 7) is 2.03. The summed E-state index contributed by atoms with van der Waals surface area (Å²) in [4.78, 5) is 4.62. The molecule has 8 heteroatoms. The lowest BCUT2D eigenvalue weighted by Gasteiger charge is -2.09. The van der Waals surface area contributed by atoms with E-state index in [1.165, 1.54) is 4.70 Å². The minimum atomic E-state index is 0.726. The summed E-state index contributed by atoms with van der Waals surface area (Å²) >= 11 is 5.07. The molecule has 106 valence electrons. The highest BCUT2D eigenvalue weighted by atomic mass is 32.2. The van der Waals surface area contributed by atoms with E-state index < -0.39 is 0 Å². The molecule has 0 atom stereocenters. The number of benzene rings is 1. The minimum absolute atomic E-state index is 0.726. The van der Waals surface area contributed by atoms with Crippen LogP contribution in [0, 0.1) is 0 Å². The first-order valence-electron chi connectivity index (χ1n) is 6.39. The highest BCUT2D eigenvalue weighted by molar-refractivity contribution is 8.00. The van der Waals surface area contributed by atoms with Gasteiger partial charge >= 0.3 is 0 Å². The van der Waals surface area contributed by atoms with Crippen molar-refractivity contribution in [2.24, 2.45) is 5.10 Å². The largest absolute Gasteiger partial charge is 0.230 e. The molecule has 0 spiro atoms. The molecule has 0 bridgehead atoms. The van der Waals surface area contributed by atoms with Crippen molar-refractivity contribution in [1.29, 1.82) is 0 Å². The van der Waals surface area contributed by atoms with Crippen molar-refractivity contribution in [1.82, 2.24) is 19.9 Å². The molecule has 2 aromatic heterocycles. The Balaban J connectivity index is 1.56. The molecule has 1 aliphatic heterocycles. The van der Waals surface area contributed by atoms with Gasteiger partial charge in [-0.1, -0.05) is 35.7 Å². The van der Waals surface area contributed by atoms with Gasteiger partial charge in [0.05, 0.1) is 16.0 Å². The van der Waals surface area contributed by atoms with Crippen LogP contribution in [0.2, 0.25) is 0 Å². The average Bonchev–Trinajstić information content (AvgIpc) is 3.07. The molecule has 0 fully saturated rings. The maximum atomic E-state index is 4.62. The topological polar surface area (TPSA) is 56.0 Å². The third-order valence-electron chi connectivity index (χ3n) is 2.96. The Kier molecular flexibility index (Phi) is 3.44. The molecule has 4 rings (SSSR count). The molecule has 21 heavy (non-hydrogen) atoms. The summed E-state index contributed by atoms with van der Waals surface area (Å²) in [5.41, 5.74) is 2.15. The summed E-state index contributed by atoms with van der Waals surface area (Å²) in [7, 11) is 0. The van der Waals surface area contributed by atoms with E-state index in [2.05, 4.69) is 26.3 Å². The number of para-hydroxylation sites is 1. The monoisotopic (exact) mass is 333 g/mol. The van der Waals surface area contributed by atoms with Crippen LogP contribution >= 0.6 is 34.9 Å². The van der Waals surface area contributed by atoms with Gasteiger partial charge in [-0.15, -0.1) is 21.5 Å². The molecule has 3 heterocycles. The first kappa shape index (κ1) is 13.3. The predicted octanol–water partition coefficient (Wildman–Crippen LogP) is 3.51. The smallest absolute Gasteiger partial charge is 0.212 e. The average molecular weight is 333 g/mol. The second-order valence-electron chi connectivity index (χ2n) is 4.57. The normalized spacial score (nSPS) is 14.2. The third-order valence-corrected chi connectivity index (χ3v) is 6.21. The molecule has 0 N–H and O–H groups in total. The molecule has 0 radical (unpaired) electrons. The minimum Gasteiger partial charge on any atom is -0.230 e. The summed E-state index contributed by atoms with van der Waals surface area (Å²) < 4.78 is 4.12. The molecule has 5 nitrogen and oxygen atoms in total. The summed E-state index contributed by atoms with van der Waals surface area (Å²) in [5, 5.41) is 13.8. The zero-order valence-electron chi connectivity index (χ0n) is 11.2. The molecular formula is C13H11N5S3. The van der Waals surface area contributed by atoms with Crippen LogP contribution in [0.15, 0.2) is 38.9 Å². The van der Waals surface area contributed by atoms with Crippen LogP contribution < -0.4 is 0 Å². The van der Waals surface area contributed by atoms with Crippen LogP contribution in [0.1, 0.15) is 12.7 Å². The molecule has 0 amide bonds. The molecule has 0 aliphatic carbocycles. The highest BCUT2D eigenvalue weighted by Crippen LogP contribution is 2.32. The Morgan fingerprint density at radius 3 is 3.10 bits per heavy atom. The van der Waals surface area contributed by atoms with Gasteiger partial charge in [-0.3, -0.25) is 0 Å². The van der Waals surface area contributed by atoms with Gasteiger partial charge in [-0.25, -0.2) is 4.98 Å². The zero-order chi connectivity index (χ0) is 14.2. The number of hydrogen-bond acceptors (Lipinski definition) is 7. The standard InChI is InChI=1S/C13H11N5S3/c1-8-6-19-12-16-15-11(18(12)17-8)7-20-13-14-9-4-2-3-5-10(9)21-13/h2-5H,6-7H2,1H3. The van der Waals surface area contributed by atoms with Crippen molar-refractivity contribution >= 4 is 50.8 Å². The first-order chi connectivity index (χ1) is 10.3. The number of nitrogens with zero attached hydrogens (tertiary/aromatic N) is 5. The highest BCUT2D eigenvalue weighted by Gasteiger charge is 2.17. The van der Waals surface area contributed by atoms with Gasteiger partial charge in [0, 0.05) is 11.5 Å². The van der Waals surface area contributed by atoms with Crippen molar-refractivity contribution in [2.75, 3.05) is 5.75 Å². The molecule has 0 saturated carbocycles. The molecule has 1 aliphatic rings. The molecule has 0 unspecified atom stereocenters. The van der Waals surface area contributed by atoms with Gasteiger partial charge in [-0.2, -0.15) is 9.78 Å². The van der Waals surface area contributed by atoms with Crippen molar-refractivity contribution < 1.29 is 0 Å². The Labute approximate surface area is 133 Å². The fraction of sp³-hybridized carbons (Fsp3) is 0.231. The van der Waals surface area contributed by atoms with Gasteiger partial charge in [0.15, 0.2) is 10.2 Å². The van der Waals surface area contributed by atoms with Gasteiger partial charge in [-0.05, 0) is 19.1 Å². The number of thioether (sulfide) groups is 2. The van der Waals surface area contributed by atoms with Gasteiger partial charge in [0.2, 0.25) is 5.16 Å². The molecule has 3 aromatic rings. The molecular weight excluding hydrogens is 322 g/mol. The Bertz CT molecular complexity index is 802. The summed E-state index contributed by atoms with van der Waals surface area (Å²) in [6, 6.07) is 8.19. The number of aromatic nitrogens is 4. The van der Waals surface area contributed by atoms with Crippen molar-refractivity contribution in [3.8, 4) is 0 Å². The Hall–Kier alpha value is -1.38. The van der Waals surface area contributed by atoms with E-state index >= 15 is 0 Å². The van der Waals surface area contributed by atoms with E-state index in [1.807, 2.05) is 29.8 Å². The van der Waals surface area contributed by atoms with Crippen LogP contribution in [0.5, 0.6) is 0 Å². The predicted molar refractivity (Wildman–Crippen MR) is 88.4 cm³/mol. The van der Waals surface area contributed by atoms with Crippen LogP contribution in [-0.4, -0.2) is 31.3 Å². The quantitative estimate of drug-likeness (QED) is 0.687. The van der Waals surface area contributed by atoms with Gasteiger partial charge in [0.25, 0.3) is 0 Å². The van der Waals surface area contributed by atoms with Crippen LogP contribution in [-0.2, 0) is 5.75 Å². The van der Waals surface area contributed by atoms with E-state index in [9.17, 15) is 0 Å². The molecule has 1 aromatic carbocycles. The Morgan fingerprint density at radius 2 is 2.19 bits per heavy atom. The van der Waals surface area contributed by atoms with E-state index in [4.69, 9.17) is 0 Å². The number of fused-ring (bicyclic) bond motifs is 2. The van der Waals surface area contributed by atoms with E-state index in [0.29, 0.717) is 0 Å². The van der Waals surface area contributed by atoms with Crippen molar-refractivity contribution in [2.45, 2.75) is 22.2 Å². The second kappa shape index (κ2) is 5.43. The first-order valence-corrected chi connectivity index (χ1v) is 9.18. The van der Waals surface area contributed by atoms with Crippen LogP contribution in [0.4, 0.5) is 0 Å². The lowest BCUT2D eigenvalue weighted by atomic mass is 10.3. The van der Waals surface area contributed by atoms with E-state index in [0.717, 1.165) is 38.1 Å². The van der Waals surface area contributed by atoms with Gasteiger partial charge in [0.1, 0.15) is 0 Å². The van der Waals surface area contributed by atoms with Crippen LogP contribution in [0.25, 0.3) is 10.2 Å². The summed E-state index contributed by atoms with van der Waals surface area (Å²) in [5.74, 6) is 2.49. The Morgan fingerprint density at radius 1 is 1.29 bits per heavy atom. The third kappa shape index (κ3) is 2.58. The SMILES string of the molecule is CC1=Nn2c(CSc3nc4ccccc4s3)nnc2SC1. The van der Waals surface area contributed by atoms with Crippen molar-refractivity contribution in [3.05, 3.63) is 30.1 Å². The maximum absolute atomic E-state index is 4.62. The van der Waals surface area contributed by atoms with Gasteiger partial charge < -0.3 is 0 Å². The number of hydrogen-bond donors (Lipinski definition) is 0. The fourth-order valence-corrected chi connectivity index (χ4v) is 4.72. The number of rotatable bonds is 3. The summed E-state index contributed by atoms with van der Waals surface area (Å²) in [6.07, 6.45) is 0. The lowest BCUT2D eigenvalue weighted by Crippen LogP contribution is -2.09. The maximum Gasteiger partial charge on any atom is 0.212 e. The zero-order valence-corrected chi connectivity index (χ0v) is 13.6. The second-order valence-corrected chi connectivity index (χ2v) is 7.77. The lowest BCUT2D eigenvalue weighted by molar-refractivity contribution is 0.730.